The van der Waals surface area contributed by atoms with Gasteiger partial charge in [0.05, 0.1) is 18.7 Å². The lowest BCUT2D eigenvalue weighted by molar-refractivity contribution is -0.127. The number of carbonyl (C=O) groups excluding carboxylic acids is 2. The predicted octanol–water partition coefficient (Wildman–Crippen LogP) is 3.73. The molecule has 3 amide bonds. The summed E-state index contributed by atoms with van der Waals surface area (Å²) in [5.74, 6) is -0.273. The van der Waals surface area contributed by atoms with Gasteiger partial charge in [-0.1, -0.05) is 91.0 Å². The maximum absolute atomic E-state index is 13.5. The molecular weight excluding hydrogens is 414 g/mol. The maximum atomic E-state index is 13.5. The first-order valence-corrected chi connectivity index (χ1v) is 11.2. The number of carbonyl (C=O) groups is 2. The Labute approximate surface area is 194 Å². The van der Waals surface area contributed by atoms with Crippen molar-refractivity contribution in [2.75, 3.05) is 6.61 Å². The number of hydrogen-bond donors (Lipinski definition) is 2. The molecule has 3 atom stereocenters. The average molecular weight is 444 g/mol. The highest BCUT2D eigenvalue weighted by Gasteiger charge is 2.49. The van der Waals surface area contributed by atoms with Crippen LogP contribution >= 0.6 is 0 Å². The minimum atomic E-state index is -0.808. The van der Waals surface area contributed by atoms with Crippen LogP contribution in [0.1, 0.15) is 29.7 Å². The maximum Gasteiger partial charge on any atom is 0.321 e. The molecule has 2 N–H and O–H groups in total. The zero-order valence-electron chi connectivity index (χ0n) is 18.7. The average Bonchev–Trinajstić information content (AvgIpc) is 3.11. The second-order valence-corrected chi connectivity index (χ2v) is 8.35. The van der Waals surface area contributed by atoms with Gasteiger partial charge in [0.1, 0.15) is 6.04 Å². The van der Waals surface area contributed by atoms with Gasteiger partial charge in [0.25, 0.3) is 0 Å². The number of amides is 3. The zero-order valence-corrected chi connectivity index (χ0v) is 18.7. The van der Waals surface area contributed by atoms with Crippen LogP contribution in [0.3, 0.4) is 0 Å². The van der Waals surface area contributed by atoms with Gasteiger partial charge < -0.3 is 20.2 Å². The van der Waals surface area contributed by atoms with E-state index in [9.17, 15) is 14.7 Å². The number of rotatable bonds is 8. The summed E-state index contributed by atoms with van der Waals surface area (Å²) in [6, 6.07) is 27.0. The van der Waals surface area contributed by atoms with Gasteiger partial charge in [-0.25, -0.2) is 4.79 Å². The number of aliphatic hydroxyl groups is 1. The molecule has 1 saturated heterocycles. The van der Waals surface area contributed by atoms with Crippen LogP contribution in [-0.2, 0) is 17.9 Å². The SMILES string of the molecule is C[C@@H](NC(=O)[C@@H]1C(CO)N(Cc2ccccc2)C(=O)N1Cc1ccccc1)c1ccccc1. The molecule has 0 bridgehead atoms. The van der Waals surface area contributed by atoms with Crippen molar-refractivity contribution in [3.05, 3.63) is 108 Å². The van der Waals surface area contributed by atoms with Crippen LogP contribution in [0.5, 0.6) is 0 Å². The largest absolute Gasteiger partial charge is 0.394 e. The predicted molar refractivity (Wildman–Crippen MR) is 127 cm³/mol. The molecule has 0 saturated carbocycles. The van der Waals surface area contributed by atoms with Crippen molar-refractivity contribution in [3.8, 4) is 0 Å². The van der Waals surface area contributed by atoms with Gasteiger partial charge in [-0.3, -0.25) is 4.79 Å². The topological polar surface area (TPSA) is 72.9 Å². The number of aliphatic hydroxyl groups excluding tert-OH is 1. The molecular formula is C27H29N3O3. The molecule has 1 fully saturated rings. The fourth-order valence-electron chi connectivity index (χ4n) is 4.35. The zero-order chi connectivity index (χ0) is 23.2. The highest BCUT2D eigenvalue weighted by Crippen LogP contribution is 2.28. The molecule has 3 aromatic rings. The summed E-state index contributed by atoms with van der Waals surface area (Å²) in [6.07, 6.45) is 0. The van der Waals surface area contributed by atoms with Crippen LogP contribution in [0.15, 0.2) is 91.0 Å². The normalized spacial score (nSPS) is 18.9. The Balaban J connectivity index is 1.62. The lowest BCUT2D eigenvalue weighted by Gasteiger charge is -2.27. The summed E-state index contributed by atoms with van der Waals surface area (Å²) >= 11 is 0. The molecule has 6 nitrogen and oxygen atoms in total. The van der Waals surface area contributed by atoms with Gasteiger partial charge in [0.2, 0.25) is 5.91 Å². The first-order chi connectivity index (χ1) is 16.1. The van der Waals surface area contributed by atoms with Gasteiger partial charge in [-0.15, -0.1) is 0 Å². The lowest BCUT2D eigenvalue weighted by atomic mass is 10.0. The second kappa shape index (κ2) is 10.3. The first-order valence-electron chi connectivity index (χ1n) is 11.2. The van der Waals surface area contributed by atoms with Crippen molar-refractivity contribution < 1.29 is 14.7 Å². The van der Waals surface area contributed by atoms with Crippen LogP contribution in [0.4, 0.5) is 4.79 Å². The van der Waals surface area contributed by atoms with E-state index in [1.54, 1.807) is 9.80 Å². The summed E-state index contributed by atoms with van der Waals surface area (Å²) in [4.78, 5) is 30.2. The molecule has 1 heterocycles. The third-order valence-electron chi connectivity index (χ3n) is 6.10. The second-order valence-electron chi connectivity index (χ2n) is 8.35. The first kappa shape index (κ1) is 22.6. The lowest BCUT2D eigenvalue weighted by Crippen LogP contribution is -2.50. The summed E-state index contributed by atoms with van der Waals surface area (Å²) in [6.45, 7) is 2.23. The number of benzene rings is 3. The van der Waals surface area contributed by atoms with Gasteiger partial charge in [0.15, 0.2) is 0 Å². The van der Waals surface area contributed by atoms with Crippen molar-refractivity contribution in [2.24, 2.45) is 0 Å². The summed E-state index contributed by atoms with van der Waals surface area (Å²) in [7, 11) is 0. The monoisotopic (exact) mass is 443 g/mol. The number of nitrogens with zero attached hydrogens (tertiary/aromatic N) is 2. The molecule has 0 aliphatic carbocycles. The Morgan fingerprint density at radius 2 is 1.33 bits per heavy atom. The Bertz CT molecular complexity index is 1060. The molecule has 1 unspecified atom stereocenters. The number of nitrogens with one attached hydrogen (secondary N) is 1. The van der Waals surface area contributed by atoms with Gasteiger partial charge in [0, 0.05) is 13.1 Å². The summed E-state index contributed by atoms with van der Waals surface area (Å²) in [5.41, 5.74) is 2.85. The molecule has 3 aromatic carbocycles. The fraction of sp³-hybridized carbons (Fsp3) is 0.259. The molecule has 0 spiro atoms. The van der Waals surface area contributed by atoms with Crippen LogP contribution in [0.25, 0.3) is 0 Å². The minimum absolute atomic E-state index is 0.227. The molecule has 0 radical (unpaired) electrons. The van der Waals surface area contributed by atoms with Crippen molar-refractivity contribution in [3.63, 3.8) is 0 Å². The molecule has 33 heavy (non-hydrogen) atoms. The van der Waals surface area contributed by atoms with Gasteiger partial charge in [-0.2, -0.15) is 0 Å². The van der Waals surface area contributed by atoms with Crippen molar-refractivity contribution in [1.82, 2.24) is 15.1 Å². The van der Waals surface area contributed by atoms with E-state index in [4.69, 9.17) is 0 Å². The Hall–Kier alpha value is -3.64. The third-order valence-corrected chi connectivity index (χ3v) is 6.10. The summed E-state index contributed by atoms with van der Waals surface area (Å²) < 4.78 is 0. The molecule has 1 aliphatic heterocycles. The van der Waals surface area contributed by atoms with E-state index in [2.05, 4.69) is 5.32 Å². The third kappa shape index (κ3) is 5.07. The molecule has 170 valence electrons. The van der Waals surface area contributed by atoms with Crippen LogP contribution in [0, 0.1) is 0 Å². The molecule has 1 aliphatic rings. The highest BCUT2D eigenvalue weighted by molar-refractivity contribution is 5.91. The number of urea groups is 1. The van der Waals surface area contributed by atoms with E-state index >= 15 is 0 Å². The molecule has 4 rings (SSSR count). The fourth-order valence-corrected chi connectivity index (χ4v) is 4.35. The van der Waals surface area contributed by atoms with E-state index in [1.807, 2.05) is 97.9 Å². The Kier molecular flexibility index (Phi) is 7.05. The van der Waals surface area contributed by atoms with E-state index < -0.39 is 12.1 Å². The van der Waals surface area contributed by atoms with E-state index in [-0.39, 0.29) is 24.6 Å². The van der Waals surface area contributed by atoms with E-state index in [0.29, 0.717) is 13.1 Å². The van der Waals surface area contributed by atoms with E-state index in [1.165, 1.54) is 0 Å². The molecule has 0 aromatic heterocycles. The van der Waals surface area contributed by atoms with E-state index in [0.717, 1.165) is 16.7 Å². The van der Waals surface area contributed by atoms with Gasteiger partial charge >= 0.3 is 6.03 Å². The summed E-state index contributed by atoms with van der Waals surface area (Å²) in [5, 5.41) is 13.3. The Morgan fingerprint density at radius 1 is 0.848 bits per heavy atom. The quantitative estimate of drug-likeness (QED) is 0.557. The standard InChI is InChI=1S/C27H29N3O3/c1-20(23-15-9-4-10-16-23)28-26(32)25-24(19-31)29(17-21-11-5-2-6-12-21)27(33)30(25)18-22-13-7-3-8-14-22/h2-16,20,24-25,31H,17-19H2,1H3,(H,28,32)/t20-,24?,25+/m1/s1. The van der Waals surface area contributed by atoms with Crippen molar-refractivity contribution >= 4 is 11.9 Å². The smallest absolute Gasteiger partial charge is 0.321 e. The van der Waals surface area contributed by atoms with Crippen molar-refractivity contribution in [1.29, 1.82) is 0 Å². The molecule has 6 heteroatoms. The number of hydrogen-bond acceptors (Lipinski definition) is 3. The van der Waals surface area contributed by atoms with Gasteiger partial charge in [-0.05, 0) is 23.6 Å². The van der Waals surface area contributed by atoms with Crippen molar-refractivity contribution in [2.45, 2.75) is 38.1 Å². The van der Waals surface area contributed by atoms with Crippen LogP contribution < -0.4 is 5.32 Å². The minimum Gasteiger partial charge on any atom is -0.394 e. The Morgan fingerprint density at radius 3 is 1.85 bits per heavy atom. The highest BCUT2D eigenvalue weighted by atomic mass is 16.3. The van der Waals surface area contributed by atoms with Crippen LogP contribution in [-0.4, -0.2) is 45.5 Å². The van der Waals surface area contributed by atoms with Crippen LogP contribution in [0.2, 0.25) is 0 Å².